The molecule has 9 heteroatoms. The highest BCUT2D eigenvalue weighted by Crippen LogP contribution is 2.14. The third kappa shape index (κ3) is 4.81. The van der Waals surface area contributed by atoms with Crippen molar-refractivity contribution < 1.29 is 13.2 Å². The number of hydrogen-bond donors (Lipinski definition) is 1. The number of nitrogens with zero attached hydrogens (tertiary/aromatic N) is 3. The van der Waals surface area contributed by atoms with Gasteiger partial charge in [0.05, 0.1) is 16.5 Å². The van der Waals surface area contributed by atoms with Crippen molar-refractivity contribution in [2.75, 3.05) is 18.4 Å². The summed E-state index contributed by atoms with van der Waals surface area (Å²) in [5.74, 6) is -0.487. The molecule has 0 atom stereocenters. The van der Waals surface area contributed by atoms with Crippen LogP contribution in [0.15, 0.2) is 52.3 Å². The topological polar surface area (TPSA) is 112 Å². The minimum Gasteiger partial charge on any atom is -0.325 e. The van der Waals surface area contributed by atoms with E-state index in [0.717, 1.165) is 10.6 Å². The van der Waals surface area contributed by atoms with Crippen LogP contribution in [-0.4, -0.2) is 36.3 Å². The van der Waals surface area contributed by atoms with E-state index in [1.54, 1.807) is 38.1 Å². The predicted octanol–water partition coefficient (Wildman–Crippen LogP) is 1.39. The van der Waals surface area contributed by atoms with Crippen LogP contribution < -0.4 is 10.9 Å². The molecule has 0 radical (unpaired) electrons. The smallest absolute Gasteiger partial charge is 0.251 e. The Bertz CT molecular complexity index is 1020. The molecular weight excluding hydrogens is 368 g/mol. The van der Waals surface area contributed by atoms with Crippen LogP contribution in [0.5, 0.6) is 0 Å². The zero-order valence-electron chi connectivity index (χ0n) is 15.0. The van der Waals surface area contributed by atoms with Crippen molar-refractivity contribution in [2.45, 2.75) is 25.3 Å². The third-order valence-electron chi connectivity index (χ3n) is 3.91. The summed E-state index contributed by atoms with van der Waals surface area (Å²) in [4.78, 5) is 24.2. The number of pyridine rings is 1. The van der Waals surface area contributed by atoms with E-state index in [1.165, 1.54) is 16.6 Å². The first-order chi connectivity index (χ1) is 12.8. The number of sulfonamides is 1. The van der Waals surface area contributed by atoms with Gasteiger partial charge in [-0.3, -0.25) is 9.59 Å². The maximum absolute atomic E-state index is 12.6. The molecule has 27 heavy (non-hydrogen) atoms. The number of hydrogen-bond acceptors (Lipinski definition) is 5. The number of nitrogens with one attached hydrogen (secondary N) is 1. The van der Waals surface area contributed by atoms with E-state index < -0.39 is 21.5 Å². The first-order valence-corrected chi connectivity index (χ1v) is 9.76. The summed E-state index contributed by atoms with van der Waals surface area (Å²) >= 11 is 0. The molecule has 142 valence electrons. The fraction of sp³-hybridized carbons (Fsp3) is 0.278. The van der Waals surface area contributed by atoms with Gasteiger partial charge in [-0.2, -0.15) is 9.57 Å². The molecule has 1 amide bonds. The second-order valence-corrected chi connectivity index (χ2v) is 7.60. The lowest BCUT2D eigenvalue weighted by molar-refractivity contribution is -0.116. The Morgan fingerprint density at radius 2 is 1.78 bits per heavy atom. The van der Waals surface area contributed by atoms with Crippen LogP contribution >= 0.6 is 0 Å². The largest absolute Gasteiger partial charge is 0.325 e. The van der Waals surface area contributed by atoms with Gasteiger partial charge in [0, 0.05) is 31.0 Å². The lowest BCUT2D eigenvalue weighted by Crippen LogP contribution is -2.33. The van der Waals surface area contributed by atoms with Gasteiger partial charge in [-0.15, -0.1) is 0 Å². The number of anilines is 1. The number of carbonyl (C=O) groups excluding carboxylic acids is 1. The van der Waals surface area contributed by atoms with Crippen molar-refractivity contribution in [3.05, 3.63) is 58.5 Å². The lowest BCUT2D eigenvalue weighted by atomic mass is 10.2. The molecule has 0 fully saturated rings. The molecule has 0 spiro atoms. The van der Waals surface area contributed by atoms with Gasteiger partial charge in [-0.05, 0) is 30.3 Å². The van der Waals surface area contributed by atoms with Crippen LogP contribution in [0, 0.1) is 11.3 Å². The minimum atomic E-state index is -3.73. The first kappa shape index (κ1) is 20.4. The number of rotatable bonds is 7. The van der Waals surface area contributed by atoms with Crippen molar-refractivity contribution in [1.29, 1.82) is 5.26 Å². The Morgan fingerprint density at radius 1 is 1.15 bits per heavy atom. The van der Waals surface area contributed by atoms with Gasteiger partial charge in [-0.1, -0.05) is 13.8 Å². The van der Waals surface area contributed by atoms with Gasteiger partial charge in [0.25, 0.3) is 5.56 Å². The molecule has 1 heterocycles. The highest BCUT2D eigenvalue weighted by atomic mass is 32.2. The molecule has 0 saturated heterocycles. The van der Waals surface area contributed by atoms with Gasteiger partial charge < -0.3 is 9.88 Å². The van der Waals surface area contributed by atoms with Gasteiger partial charge in [0.1, 0.15) is 6.54 Å². The lowest BCUT2D eigenvalue weighted by Gasteiger charge is -2.19. The van der Waals surface area contributed by atoms with Crippen LogP contribution in [0.3, 0.4) is 0 Å². The van der Waals surface area contributed by atoms with Gasteiger partial charge in [-0.25, -0.2) is 8.42 Å². The summed E-state index contributed by atoms with van der Waals surface area (Å²) in [6.45, 7) is 3.72. The van der Waals surface area contributed by atoms with Crippen LogP contribution in [0.4, 0.5) is 5.69 Å². The molecule has 8 nitrogen and oxygen atoms in total. The average Bonchev–Trinajstić information content (AvgIpc) is 2.64. The molecule has 1 aromatic heterocycles. The Balaban J connectivity index is 2.22. The molecule has 0 bridgehead atoms. The maximum Gasteiger partial charge on any atom is 0.251 e. The fourth-order valence-electron chi connectivity index (χ4n) is 2.48. The number of amides is 1. The van der Waals surface area contributed by atoms with Crippen LogP contribution in [0.2, 0.25) is 0 Å². The fourth-order valence-corrected chi connectivity index (χ4v) is 3.96. The molecule has 1 N–H and O–H groups in total. The van der Waals surface area contributed by atoms with Crippen molar-refractivity contribution in [3.63, 3.8) is 0 Å². The molecule has 2 aromatic rings. The Hall–Kier alpha value is -2.96. The molecule has 0 aliphatic heterocycles. The summed E-state index contributed by atoms with van der Waals surface area (Å²) < 4.78 is 27.5. The van der Waals surface area contributed by atoms with Crippen molar-refractivity contribution >= 4 is 21.6 Å². The average molecular weight is 388 g/mol. The normalized spacial score (nSPS) is 11.2. The quantitative estimate of drug-likeness (QED) is 0.770. The molecule has 0 aliphatic carbocycles. The summed E-state index contributed by atoms with van der Waals surface area (Å²) in [5, 5.41) is 11.4. The Morgan fingerprint density at radius 3 is 2.33 bits per heavy atom. The summed E-state index contributed by atoms with van der Waals surface area (Å²) in [7, 11) is -3.73. The number of aromatic nitrogens is 1. The van der Waals surface area contributed by atoms with Gasteiger partial charge in [0.15, 0.2) is 0 Å². The molecule has 1 aromatic carbocycles. The Labute approximate surface area is 157 Å². The van der Waals surface area contributed by atoms with Crippen molar-refractivity contribution in [1.82, 2.24) is 8.87 Å². The van der Waals surface area contributed by atoms with Crippen molar-refractivity contribution in [2.24, 2.45) is 0 Å². The van der Waals surface area contributed by atoms with E-state index in [0.29, 0.717) is 24.3 Å². The standard InChI is InChI=1S/C18H20N4O4S/c1-3-22(4-2)27(25,26)16-9-10-18(24)21(12-16)13-17(23)20-15-7-5-14(11-19)6-8-15/h5-10,12H,3-4,13H2,1-2H3,(H,20,23). The van der Waals surface area contributed by atoms with Crippen LogP contribution in [0.1, 0.15) is 19.4 Å². The second kappa shape index (κ2) is 8.62. The highest BCUT2D eigenvalue weighted by Gasteiger charge is 2.22. The molecule has 0 aliphatic rings. The van der Waals surface area contributed by atoms with Crippen LogP contribution in [0.25, 0.3) is 0 Å². The summed E-state index contributed by atoms with van der Waals surface area (Å²) in [5.41, 5.74) is 0.445. The van der Waals surface area contributed by atoms with E-state index in [9.17, 15) is 18.0 Å². The highest BCUT2D eigenvalue weighted by molar-refractivity contribution is 7.89. The molecular formula is C18H20N4O4S. The zero-order valence-corrected chi connectivity index (χ0v) is 15.9. The van der Waals surface area contributed by atoms with Crippen molar-refractivity contribution in [3.8, 4) is 6.07 Å². The molecule has 0 unspecified atom stereocenters. The molecule has 2 rings (SSSR count). The van der Waals surface area contributed by atoms with E-state index in [4.69, 9.17) is 5.26 Å². The predicted molar refractivity (Wildman–Crippen MR) is 101 cm³/mol. The van der Waals surface area contributed by atoms with Gasteiger partial charge >= 0.3 is 0 Å². The number of benzene rings is 1. The Kier molecular flexibility index (Phi) is 6.50. The second-order valence-electron chi connectivity index (χ2n) is 5.66. The summed E-state index contributed by atoms with van der Waals surface area (Å²) in [6, 6.07) is 10.6. The third-order valence-corrected chi connectivity index (χ3v) is 5.94. The number of nitriles is 1. The monoisotopic (exact) mass is 388 g/mol. The SMILES string of the molecule is CCN(CC)S(=O)(=O)c1ccc(=O)n(CC(=O)Nc2ccc(C#N)cc2)c1. The zero-order chi connectivity index (χ0) is 20.0. The van der Waals surface area contributed by atoms with E-state index >= 15 is 0 Å². The number of carbonyl (C=O) groups is 1. The first-order valence-electron chi connectivity index (χ1n) is 8.32. The minimum absolute atomic E-state index is 0.0445. The summed E-state index contributed by atoms with van der Waals surface area (Å²) in [6.07, 6.45) is 1.17. The van der Waals surface area contributed by atoms with Gasteiger partial charge in [0.2, 0.25) is 15.9 Å². The maximum atomic E-state index is 12.6. The van der Waals surface area contributed by atoms with E-state index in [-0.39, 0.29) is 11.4 Å². The van der Waals surface area contributed by atoms with E-state index in [1.807, 2.05) is 6.07 Å². The van der Waals surface area contributed by atoms with E-state index in [2.05, 4.69) is 5.32 Å². The molecule has 0 saturated carbocycles. The van der Waals surface area contributed by atoms with Crippen LogP contribution in [-0.2, 0) is 21.4 Å².